The highest BCUT2D eigenvalue weighted by Crippen LogP contribution is 2.72. The van der Waals surface area contributed by atoms with Crippen LogP contribution < -0.4 is 0 Å². The molecular weight excluding hydrogens is 512 g/mol. The minimum Gasteiger partial charge on any atom is -0.481 e. The number of hydrogen-bond donors (Lipinski definition) is 1. The van der Waals surface area contributed by atoms with Crippen LogP contribution in [0.5, 0.6) is 0 Å². The van der Waals surface area contributed by atoms with Crippen LogP contribution in [0.2, 0.25) is 0 Å². The van der Waals surface area contributed by atoms with Crippen molar-refractivity contribution in [3.63, 3.8) is 0 Å². The van der Waals surface area contributed by atoms with Crippen molar-refractivity contribution in [3.8, 4) is 0 Å². The lowest BCUT2D eigenvalue weighted by atomic mass is 9.38. The van der Waals surface area contributed by atoms with Crippen molar-refractivity contribution in [1.82, 2.24) is 0 Å². The molecule has 0 heterocycles. The van der Waals surface area contributed by atoms with E-state index in [9.17, 15) is 19.5 Å². The summed E-state index contributed by atoms with van der Waals surface area (Å²) in [5.74, 6) is 2.08. The van der Waals surface area contributed by atoms with Crippen LogP contribution in [0.3, 0.4) is 0 Å². The fourth-order valence-corrected chi connectivity index (χ4v) is 11.6. The van der Waals surface area contributed by atoms with Crippen LogP contribution in [0, 0.1) is 57.2 Å². The van der Waals surface area contributed by atoms with Crippen molar-refractivity contribution in [2.24, 2.45) is 57.2 Å². The molecule has 4 fully saturated rings. The Balaban J connectivity index is 1.38. The third-order valence-electron chi connectivity index (χ3n) is 13.4. The fourth-order valence-electron chi connectivity index (χ4n) is 11.6. The first-order chi connectivity index (χ1) is 19.1. The van der Waals surface area contributed by atoms with Crippen molar-refractivity contribution >= 4 is 17.7 Å². The van der Waals surface area contributed by atoms with E-state index in [1.807, 2.05) is 0 Å². The Morgan fingerprint density at radius 2 is 1.63 bits per heavy atom. The Kier molecular flexibility index (Phi) is 7.89. The second kappa shape index (κ2) is 10.5. The Morgan fingerprint density at radius 3 is 2.27 bits per heavy atom. The molecule has 0 spiro atoms. The maximum absolute atomic E-state index is 13.5. The highest BCUT2D eigenvalue weighted by atomic mass is 16.5. The number of allylic oxidation sites excluding steroid dienone is 2. The van der Waals surface area contributed by atoms with E-state index in [1.165, 1.54) is 37.7 Å². The number of carbonyl (C=O) groups excluding carboxylic acids is 2. The molecule has 5 rings (SSSR count). The molecule has 5 heteroatoms. The van der Waals surface area contributed by atoms with Gasteiger partial charge in [0.15, 0.2) is 5.78 Å². The molecule has 0 saturated heterocycles. The van der Waals surface area contributed by atoms with E-state index in [4.69, 9.17) is 4.74 Å². The van der Waals surface area contributed by atoms with Crippen molar-refractivity contribution in [1.29, 1.82) is 0 Å². The normalized spacial score (nSPS) is 42.3. The maximum atomic E-state index is 13.5. The van der Waals surface area contributed by atoms with Gasteiger partial charge < -0.3 is 9.84 Å². The summed E-state index contributed by atoms with van der Waals surface area (Å²) < 4.78 is 6.02. The van der Waals surface area contributed by atoms with Gasteiger partial charge in [0.25, 0.3) is 0 Å². The molecule has 5 aliphatic carbocycles. The third kappa shape index (κ3) is 4.74. The standard InChI is InChI=1S/C36H56O5/c1-9-15-36-18-13-25-23(31(36)30(21(2)3)26(37)19-36)10-11-28-34(7)17-14-27(22(4)24(34)12-16-35(25,28)8)41-29(38)20-33(5,6)32(39)40/h21-25,27-28H,9-20H2,1-8H3,(H,39,40). The number of carbonyl (C=O) groups is 3. The topological polar surface area (TPSA) is 80.7 Å². The molecule has 4 saturated carbocycles. The number of Topliss-reactive ketones (excluding diaryl/α,β-unsaturated/α-hetero) is 1. The molecule has 0 aliphatic heterocycles. The number of hydrogen-bond acceptors (Lipinski definition) is 4. The Bertz CT molecular complexity index is 1120. The first kappa shape index (κ1) is 30.8. The van der Waals surface area contributed by atoms with E-state index in [1.54, 1.807) is 19.4 Å². The Morgan fingerprint density at radius 1 is 1.00 bits per heavy atom. The SMILES string of the molecule is CCCC12CCC3C(CCC4C3(C)CCC3C(C)C(OC(=O)CC(C)(C)C(=O)O)CCC34C)C1=C(C(C)C)C(=O)C2. The smallest absolute Gasteiger partial charge is 0.309 e. The molecule has 0 bridgehead atoms. The van der Waals surface area contributed by atoms with Gasteiger partial charge in [-0.1, -0.05) is 53.5 Å². The summed E-state index contributed by atoms with van der Waals surface area (Å²) >= 11 is 0. The molecule has 1 N–H and O–H groups in total. The van der Waals surface area contributed by atoms with Gasteiger partial charge in [0.05, 0.1) is 11.8 Å². The number of ether oxygens (including phenoxy) is 1. The van der Waals surface area contributed by atoms with Gasteiger partial charge in [-0.15, -0.1) is 0 Å². The molecule has 0 aromatic rings. The van der Waals surface area contributed by atoms with Gasteiger partial charge in [0, 0.05) is 6.42 Å². The van der Waals surface area contributed by atoms with Crippen LogP contribution in [0.25, 0.3) is 0 Å². The number of carboxylic acid groups (broad SMARTS) is 1. The largest absolute Gasteiger partial charge is 0.481 e. The summed E-state index contributed by atoms with van der Waals surface area (Å²) in [5.41, 5.74) is 2.33. The number of rotatable bonds is 7. The number of aliphatic carboxylic acids is 1. The molecule has 9 unspecified atom stereocenters. The highest BCUT2D eigenvalue weighted by Gasteiger charge is 2.64. The van der Waals surface area contributed by atoms with E-state index in [0.717, 1.165) is 38.5 Å². The predicted molar refractivity (Wildman–Crippen MR) is 161 cm³/mol. The van der Waals surface area contributed by atoms with Crippen LogP contribution in [0.15, 0.2) is 11.1 Å². The predicted octanol–water partition coefficient (Wildman–Crippen LogP) is 8.40. The highest BCUT2D eigenvalue weighted by molar-refractivity contribution is 6.00. The lowest BCUT2D eigenvalue weighted by Gasteiger charge is -2.67. The second-order valence-electron chi connectivity index (χ2n) is 16.4. The summed E-state index contributed by atoms with van der Waals surface area (Å²) in [6.45, 7) is 17.4. The lowest BCUT2D eigenvalue weighted by molar-refractivity contribution is -0.192. The third-order valence-corrected chi connectivity index (χ3v) is 13.4. The lowest BCUT2D eigenvalue weighted by Crippen LogP contribution is -2.60. The second-order valence-corrected chi connectivity index (χ2v) is 16.4. The number of ketones is 1. The summed E-state index contributed by atoms with van der Waals surface area (Å²) in [4.78, 5) is 37.8. The van der Waals surface area contributed by atoms with Crippen LogP contribution in [-0.4, -0.2) is 28.9 Å². The van der Waals surface area contributed by atoms with Gasteiger partial charge in [0.1, 0.15) is 6.10 Å². The van der Waals surface area contributed by atoms with Crippen LogP contribution >= 0.6 is 0 Å². The summed E-state index contributed by atoms with van der Waals surface area (Å²) in [6.07, 6.45) is 12.1. The van der Waals surface area contributed by atoms with Crippen molar-refractivity contribution < 1.29 is 24.2 Å². The maximum Gasteiger partial charge on any atom is 0.309 e. The molecule has 0 aromatic heterocycles. The monoisotopic (exact) mass is 568 g/mol. The minimum absolute atomic E-state index is 0.0898. The summed E-state index contributed by atoms with van der Waals surface area (Å²) in [7, 11) is 0. The van der Waals surface area contributed by atoms with E-state index < -0.39 is 11.4 Å². The molecular formula is C36H56O5. The quantitative estimate of drug-likeness (QED) is 0.312. The van der Waals surface area contributed by atoms with Crippen molar-refractivity contribution in [3.05, 3.63) is 11.1 Å². The number of carboxylic acids is 1. The molecule has 5 nitrogen and oxygen atoms in total. The molecule has 230 valence electrons. The summed E-state index contributed by atoms with van der Waals surface area (Å²) in [5, 5.41) is 9.47. The molecule has 9 atom stereocenters. The van der Waals surface area contributed by atoms with Gasteiger partial charge >= 0.3 is 11.9 Å². The van der Waals surface area contributed by atoms with Crippen molar-refractivity contribution in [2.45, 2.75) is 139 Å². The molecule has 0 amide bonds. The van der Waals surface area contributed by atoms with Gasteiger partial charge in [0.2, 0.25) is 0 Å². The zero-order chi connectivity index (χ0) is 30.1. The summed E-state index contributed by atoms with van der Waals surface area (Å²) in [6, 6.07) is 0. The van der Waals surface area contributed by atoms with Gasteiger partial charge in [-0.3, -0.25) is 14.4 Å². The minimum atomic E-state index is -1.11. The van der Waals surface area contributed by atoms with Crippen LogP contribution in [0.4, 0.5) is 0 Å². The Hall–Kier alpha value is -1.65. The van der Waals surface area contributed by atoms with Crippen molar-refractivity contribution in [2.75, 3.05) is 0 Å². The van der Waals surface area contributed by atoms with Crippen LogP contribution in [-0.2, 0) is 19.1 Å². The molecule has 5 aliphatic rings. The van der Waals surface area contributed by atoms with E-state index in [-0.39, 0.29) is 40.7 Å². The zero-order valence-electron chi connectivity index (χ0n) is 27.1. The number of esters is 1. The molecule has 41 heavy (non-hydrogen) atoms. The zero-order valence-corrected chi connectivity index (χ0v) is 27.1. The first-order valence-corrected chi connectivity index (χ1v) is 16.8. The molecule has 0 aromatic carbocycles. The number of fused-ring (bicyclic) bond motifs is 7. The molecule has 0 radical (unpaired) electrons. The van der Waals surface area contributed by atoms with E-state index in [0.29, 0.717) is 35.4 Å². The Labute approximate surface area is 248 Å². The average molecular weight is 569 g/mol. The van der Waals surface area contributed by atoms with Gasteiger partial charge in [-0.25, -0.2) is 0 Å². The van der Waals surface area contributed by atoms with Gasteiger partial charge in [-0.2, -0.15) is 0 Å². The average Bonchev–Trinajstić information content (AvgIpc) is 3.17. The van der Waals surface area contributed by atoms with E-state index >= 15 is 0 Å². The van der Waals surface area contributed by atoms with Gasteiger partial charge in [-0.05, 0) is 129 Å². The first-order valence-electron chi connectivity index (χ1n) is 16.8. The van der Waals surface area contributed by atoms with Crippen LogP contribution in [0.1, 0.15) is 132 Å². The van der Waals surface area contributed by atoms with E-state index in [2.05, 4.69) is 41.5 Å². The fraction of sp³-hybridized carbons (Fsp3) is 0.861.